The molecule has 5 nitrogen and oxygen atoms in total. The van der Waals surface area contributed by atoms with Crippen molar-refractivity contribution < 1.29 is 5.11 Å². The topological polar surface area (TPSA) is 67.2 Å². The molecule has 14 heavy (non-hydrogen) atoms. The summed E-state index contributed by atoms with van der Waals surface area (Å²) in [5.41, 5.74) is -0.157. The molecule has 1 aromatic rings. The molecular formula is C9H15N3O2. The van der Waals surface area contributed by atoms with Crippen molar-refractivity contribution in [1.82, 2.24) is 9.55 Å². The van der Waals surface area contributed by atoms with E-state index in [1.165, 1.54) is 0 Å². The molecule has 2 N–H and O–H groups in total. The van der Waals surface area contributed by atoms with Crippen LogP contribution in [-0.2, 0) is 6.54 Å². The largest absolute Gasteiger partial charge is 0.394 e. The van der Waals surface area contributed by atoms with Gasteiger partial charge in [-0.1, -0.05) is 0 Å². The number of aromatic nitrogens is 2. The highest BCUT2D eigenvalue weighted by atomic mass is 16.3. The van der Waals surface area contributed by atoms with Crippen molar-refractivity contribution >= 4 is 5.82 Å². The molecular weight excluding hydrogens is 182 g/mol. The molecule has 1 atom stereocenters. The summed E-state index contributed by atoms with van der Waals surface area (Å²) < 4.78 is 1.55. The molecule has 1 unspecified atom stereocenters. The maximum Gasteiger partial charge on any atom is 0.293 e. The molecule has 1 rings (SSSR count). The van der Waals surface area contributed by atoms with E-state index in [4.69, 9.17) is 5.11 Å². The fourth-order valence-corrected chi connectivity index (χ4v) is 1.07. The Morgan fingerprint density at radius 2 is 2.43 bits per heavy atom. The third-order valence-electron chi connectivity index (χ3n) is 1.91. The van der Waals surface area contributed by atoms with Gasteiger partial charge in [-0.15, -0.1) is 0 Å². The van der Waals surface area contributed by atoms with Crippen LogP contribution in [0.4, 0.5) is 5.82 Å². The quantitative estimate of drug-likeness (QED) is 0.716. The molecule has 0 amide bonds. The smallest absolute Gasteiger partial charge is 0.293 e. The van der Waals surface area contributed by atoms with Crippen LogP contribution in [0.5, 0.6) is 0 Å². The second kappa shape index (κ2) is 4.76. The highest BCUT2D eigenvalue weighted by molar-refractivity contribution is 5.31. The van der Waals surface area contributed by atoms with E-state index in [0.29, 0.717) is 6.54 Å². The van der Waals surface area contributed by atoms with Crippen molar-refractivity contribution in [2.45, 2.75) is 26.4 Å². The van der Waals surface area contributed by atoms with Crippen molar-refractivity contribution in [2.75, 3.05) is 11.9 Å². The minimum atomic E-state index is -0.164. The lowest BCUT2D eigenvalue weighted by molar-refractivity contribution is 0.281. The summed E-state index contributed by atoms with van der Waals surface area (Å²) in [6.45, 7) is 4.26. The lowest BCUT2D eigenvalue weighted by Gasteiger charge is -2.11. The van der Waals surface area contributed by atoms with Crippen LogP contribution in [0.1, 0.15) is 13.8 Å². The van der Waals surface area contributed by atoms with Crippen LogP contribution in [0.15, 0.2) is 17.2 Å². The van der Waals surface area contributed by atoms with Gasteiger partial charge in [0.1, 0.15) is 0 Å². The fourth-order valence-electron chi connectivity index (χ4n) is 1.07. The first-order chi connectivity index (χ1) is 6.69. The predicted octanol–water partition coefficient (Wildman–Crippen LogP) is 0.0559. The predicted molar refractivity (Wildman–Crippen MR) is 54.3 cm³/mol. The molecule has 0 aliphatic heterocycles. The summed E-state index contributed by atoms with van der Waals surface area (Å²) in [5.74, 6) is 0.288. The number of aliphatic hydroxyl groups excluding tert-OH is 1. The number of hydrogen-bond acceptors (Lipinski definition) is 4. The first-order valence-electron chi connectivity index (χ1n) is 4.61. The summed E-state index contributed by atoms with van der Waals surface area (Å²) in [7, 11) is 0. The maximum absolute atomic E-state index is 11.6. The van der Waals surface area contributed by atoms with Crippen LogP contribution in [0.25, 0.3) is 0 Å². The van der Waals surface area contributed by atoms with Crippen LogP contribution in [-0.4, -0.2) is 27.3 Å². The number of aryl methyl sites for hydroxylation is 1. The van der Waals surface area contributed by atoms with E-state index in [-0.39, 0.29) is 24.0 Å². The van der Waals surface area contributed by atoms with E-state index in [1.54, 1.807) is 23.9 Å². The van der Waals surface area contributed by atoms with Gasteiger partial charge in [0.25, 0.3) is 5.56 Å². The molecule has 0 bridgehead atoms. The van der Waals surface area contributed by atoms with Crippen molar-refractivity contribution in [2.24, 2.45) is 0 Å². The van der Waals surface area contributed by atoms with Crippen molar-refractivity contribution in [3.05, 3.63) is 22.7 Å². The number of rotatable bonds is 4. The molecule has 0 spiro atoms. The number of anilines is 1. The lowest BCUT2D eigenvalue weighted by Crippen LogP contribution is -2.29. The standard InChI is InChI=1S/C9H15N3O2/c1-3-12-5-4-10-8(9(12)14)11-7(2)6-13/h4-5,7,13H,3,6H2,1-2H3,(H,10,11). The number of aliphatic hydroxyl groups is 1. The van der Waals surface area contributed by atoms with Crippen molar-refractivity contribution in [3.63, 3.8) is 0 Å². The number of nitrogens with one attached hydrogen (secondary N) is 1. The Hall–Kier alpha value is -1.36. The van der Waals surface area contributed by atoms with Gasteiger partial charge in [0.15, 0.2) is 5.82 Å². The van der Waals surface area contributed by atoms with Crippen LogP contribution in [0, 0.1) is 0 Å². The molecule has 0 aliphatic rings. The zero-order chi connectivity index (χ0) is 10.6. The average molecular weight is 197 g/mol. The van der Waals surface area contributed by atoms with E-state index in [1.807, 2.05) is 6.92 Å². The first-order valence-corrected chi connectivity index (χ1v) is 4.61. The van der Waals surface area contributed by atoms with Gasteiger partial charge in [-0.3, -0.25) is 4.79 Å². The molecule has 0 saturated heterocycles. The molecule has 1 aromatic heterocycles. The first kappa shape index (κ1) is 10.7. The highest BCUT2D eigenvalue weighted by Gasteiger charge is 2.06. The van der Waals surface area contributed by atoms with Gasteiger partial charge in [0.05, 0.1) is 6.61 Å². The van der Waals surface area contributed by atoms with Gasteiger partial charge in [-0.25, -0.2) is 4.98 Å². The second-order valence-electron chi connectivity index (χ2n) is 3.09. The summed E-state index contributed by atoms with van der Waals surface area (Å²) in [6, 6.07) is -0.164. The Morgan fingerprint density at radius 1 is 1.71 bits per heavy atom. The summed E-state index contributed by atoms with van der Waals surface area (Å²) >= 11 is 0. The molecule has 0 aromatic carbocycles. The van der Waals surface area contributed by atoms with Crippen molar-refractivity contribution in [1.29, 1.82) is 0 Å². The van der Waals surface area contributed by atoms with E-state index in [2.05, 4.69) is 10.3 Å². The van der Waals surface area contributed by atoms with Gasteiger partial charge in [-0.2, -0.15) is 0 Å². The average Bonchev–Trinajstić information content (AvgIpc) is 2.21. The van der Waals surface area contributed by atoms with Gasteiger partial charge in [-0.05, 0) is 13.8 Å². The third-order valence-corrected chi connectivity index (χ3v) is 1.91. The van der Waals surface area contributed by atoms with Crippen molar-refractivity contribution in [3.8, 4) is 0 Å². The summed E-state index contributed by atoms with van der Waals surface area (Å²) in [6.07, 6.45) is 3.20. The summed E-state index contributed by atoms with van der Waals surface area (Å²) in [5, 5.41) is 11.7. The molecule has 78 valence electrons. The molecule has 1 heterocycles. The minimum absolute atomic E-state index is 0.0257. The molecule has 0 saturated carbocycles. The maximum atomic E-state index is 11.6. The molecule has 0 radical (unpaired) electrons. The summed E-state index contributed by atoms with van der Waals surface area (Å²) in [4.78, 5) is 15.5. The van der Waals surface area contributed by atoms with Gasteiger partial charge < -0.3 is 15.0 Å². The Balaban J connectivity index is 2.93. The zero-order valence-electron chi connectivity index (χ0n) is 8.40. The SMILES string of the molecule is CCn1ccnc(NC(C)CO)c1=O. The van der Waals surface area contributed by atoms with Crippen LogP contribution in [0.3, 0.4) is 0 Å². The van der Waals surface area contributed by atoms with E-state index in [0.717, 1.165) is 0 Å². The Labute approximate surface area is 82.4 Å². The van der Waals surface area contributed by atoms with E-state index < -0.39 is 0 Å². The third kappa shape index (κ3) is 2.32. The normalized spacial score (nSPS) is 12.5. The molecule has 0 aliphatic carbocycles. The molecule has 0 fully saturated rings. The van der Waals surface area contributed by atoms with Gasteiger partial charge in [0.2, 0.25) is 0 Å². The van der Waals surface area contributed by atoms with Gasteiger partial charge in [0, 0.05) is 25.0 Å². The number of hydrogen-bond donors (Lipinski definition) is 2. The Morgan fingerprint density at radius 3 is 3.00 bits per heavy atom. The molecule has 5 heteroatoms. The minimum Gasteiger partial charge on any atom is -0.394 e. The number of nitrogens with zero attached hydrogens (tertiary/aromatic N) is 2. The second-order valence-corrected chi connectivity index (χ2v) is 3.09. The Kier molecular flexibility index (Phi) is 3.64. The Bertz CT molecular complexity index is 348. The van der Waals surface area contributed by atoms with Crippen LogP contribution >= 0.6 is 0 Å². The van der Waals surface area contributed by atoms with E-state index in [9.17, 15) is 4.79 Å². The lowest BCUT2D eigenvalue weighted by atomic mass is 10.3. The van der Waals surface area contributed by atoms with Crippen LogP contribution in [0.2, 0.25) is 0 Å². The van der Waals surface area contributed by atoms with Gasteiger partial charge >= 0.3 is 0 Å². The highest BCUT2D eigenvalue weighted by Crippen LogP contribution is 1.95. The van der Waals surface area contributed by atoms with E-state index >= 15 is 0 Å². The van der Waals surface area contributed by atoms with Crippen LogP contribution < -0.4 is 10.9 Å². The fraction of sp³-hybridized carbons (Fsp3) is 0.556. The zero-order valence-corrected chi connectivity index (χ0v) is 8.40. The monoisotopic (exact) mass is 197 g/mol.